The van der Waals surface area contributed by atoms with Crippen LogP contribution in [0.15, 0.2) is 36.4 Å². The Bertz CT molecular complexity index is 393. The molecule has 1 N–H and O–H groups in total. The van der Waals surface area contributed by atoms with Crippen LogP contribution in [-0.4, -0.2) is 11.1 Å². The lowest BCUT2D eigenvalue weighted by atomic mass is 9.78. The Morgan fingerprint density at radius 1 is 1.20 bits per heavy atom. The third kappa shape index (κ3) is 1.56. The van der Waals surface area contributed by atoms with E-state index in [0.717, 1.165) is 11.1 Å². The highest BCUT2D eigenvalue weighted by molar-refractivity contribution is 5.82. The van der Waals surface area contributed by atoms with Gasteiger partial charge in [0.25, 0.3) is 0 Å². The summed E-state index contributed by atoms with van der Waals surface area (Å²) >= 11 is 0. The van der Waals surface area contributed by atoms with E-state index in [-0.39, 0.29) is 0 Å². The maximum absolute atomic E-state index is 11.4. The fraction of sp³-hybridized carbons (Fsp3) is 0.308. The van der Waals surface area contributed by atoms with Crippen molar-refractivity contribution < 1.29 is 9.90 Å². The zero-order chi connectivity index (χ0) is 10.9. The van der Waals surface area contributed by atoms with Gasteiger partial charge < -0.3 is 5.11 Å². The molecule has 0 aromatic heterocycles. The average Bonchev–Trinajstić information content (AvgIpc) is 2.69. The number of aryl methyl sites for hydroxylation is 1. The van der Waals surface area contributed by atoms with Crippen LogP contribution in [0, 0.1) is 6.92 Å². The van der Waals surface area contributed by atoms with Gasteiger partial charge in [-0.3, -0.25) is 4.79 Å². The van der Waals surface area contributed by atoms with Gasteiger partial charge in [0, 0.05) is 0 Å². The van der Waals surface area contributed by atoms with Gasteiger partial charge >= 0.3 is 5.97 Å². The minimum Gasteiger partial charge on any atom is -0.481 e. The molecule has 2 rings (SSSR count). The van der Waals surface area contributed by atoms with Gasteiger partial charge in [0.15, 0.2) is 0 Å². The number of carbonyl (C=O) groups is 1. The largest absolute Gasteiger partial charge is 0.481 e. The monoisotopic (exact) mass is 202 g/mol. The Hall–Kier alpha value is -1.57. The molecule has 0 saturated heterocycles. The summed E-state index contributed by atoms with van der Waals surface area (Å²) in [5, 5.41) is 9.35. The summed E-state index contributed by atoms with van der Waals surface area (Å²) in [6.07, 6.45) is 5.11. The minimum atomic E-state index is -0.726. The van der Waals surface area contributed by atoms with Crippen molar-refractivity contribution in [3.05, 3.63) is 47.5 Å². The molecule has 0 aliphatic heterocycles. The molecule has 78 valence electrons. The molecule has 0 bridgehead atoms. The number of rotatable bonds is 2. The van der Waals surface area contributed by atoms with E-state index in [0.29, 0.717) is 12.8 Å². The van der Waals surface area contributed by atoms with Crippen LogP contribution >= 0.6 is 0 Å². The number of carboxylic acid groups (broad SMARTS) is 1. The molecular weight excluding hydrogens is 188 g/mol. The Morgan fingerprint density at radius 3 is 2.20 bits per heavy atom. The summed E-state index contributed by atoms with van der Waals surface area (Å²) in [4.78, 5) is 11.4. The lowest BCUT2D eigenvalue weighted by Gasteiger charge is -2.24. The van der Waals surface area contributed by atoms with Gasteiger partial charge in [-0.25, -0.2) is 0 Å². The predicted molar refractivity (Wildman–Crippen MR) is 58.9 cm³/mol. The van der Waals surface area contributed by atoms with E-state index >= 15 is 0 Å². The fourth-order valence-electron chi connectivity index (χ4n) is 2.06. The molecule has 0 saturated carbocycles. The molecule has 2 nitrogen and oxygen atoms in total. The molecule has 1 aliphatic rings. The highest BCUT2D eigenvalue weighted by Crippen LogP contribution is 2.37. The zero-order valence-electron chi connectivity index (χ0n) is 8.73. The van der Waals surface area contributed by atoms with Crippen molar-refractivity contribution >= 4 is 5.97 Å². The van der Waals surface area contributed by atoms with Gasteiger partial charge in [-0.15, -0.1) is 0 Å². The molecule has 0 radical (unpaired) electrons. The van der Waals surface area contributed by atoms with Gasteiger partial charge in [0.1, 0.15) is 0 Å². The number of benzene rings is 1. The van der Waals surface area contributed by atoms with Gasteiger partial charge in [-0.1, -0.05) is 42.0 Å². The van der Waals surface area contributed by atoms with Crippen LogP contribution < -0.4 is 0 Å². The summed E-state index contributed by atoms with van der Waals surface area (Å²) < 4.78 is 0. The van der Waals surface area contributed by atoms with Crippen LogP contribution in [0.4, 0.5) is 0 Å². The smallest absolute Gasteiger partial charge is 0.314 e. The number of allylic oxidation sites excluding steroid dienone is 2. The lowest BCUT2D eigenvalue weighted by molar-refractivity contribution is -0.143. The van der Waals surface area contributed by atoms with Gasteiger partial charge in [-0.2, -0.15) is 0 Å². The van der Waals surface area contributed by atoms with Crippen LogP contribution in [0.25, 0.3) is 0 Å². The van der Waals surface area contributed by atoms with Crippen LogP contribution in [-0.2, 0) is 10.2 Å². The van der Waals surface area contributed by atoms with Crippen molar-refractivity contribution in [3.8, 4) is 0 Å². The maximum atomic E-state index is 11.4. The molecule has 1 aromatic rings. The molecule has 1 aromatic carbocycles. The Labute approximate surface area is 89.2 Å². The van der Waals surface area contributed by atoms with Crippen molar-refractivity contribution in [2.24, 2.45) is 0 Å². The summed E-state index contributed by atoms with van der Waals surface area (Å²) in [7, 11) is 0. The number of aliphatic carboxylic acids is 1. The second-order valence-electron chi connectivity index (χ2n) is 4.13. The molecule has 0 heterocycles. The number of hydrogen-bond acceptors (Lipinski definition) is 1. The highest BCUT2D eigenvalue weighted by atomic mass is 16.4. The van der Waals surface area contributed by atoms with Crippen LogP contribution in [0.2, 0.25) is 0 Å². The average molecular weight is 202 g/mol. The highest BCUT2D eigenvalue weighted by Gasteiger charge is 2.40. The first-order valence-corrected chi connectivity index (χ1v) is 5.11. The first-order valence-electron chi connectivity index (χ1n) is 5.11. The van der Waals surface area contributed by atoms with Crippen molar-refractivity contribution in [3.63, 3.8) is 0 Å². The van der Waals surface area contributed by atoms with Gasteiger partial charge in [0.05, 0.1) is 5.41 Å². The SMILES string of the molecule is Cc1ccc(C2(C(=O)O)CC=CC2)cc1. The van der Waals surface area contributed by atoms with Gasteiger partial charge in [-0.05, 0) is 25.3 Å². The summed E-state index contributed by atoms with van der Waals surface area (Å²) in [5.74, 6) is -0.726. The molecule has 0 amide bonds. The molecule has 15 heavy (non-hydrogen) atoms. The Balaban J connectivity index is 2.42. The zero-order valence-corrected chi connectivity index (χ0v) is 8.73. The van der Waals surface area contributed by atoms with E-state index in [4.69, 9.17) is 0 Å². The van der Waals surface area contributed by atoms with E-state index < -0.39 is 11.4 Å². The lowest BCUT2D eigenvalue weighted by Crippen LogP contribution is -2.32. The van der Waals surface area contributed by atoms with E-state index in [1.165, 1.54) is 0 Å². The third-order valence-electron chi connectivity index (χ3n) is 3.11. The van der Waals surface area contributed by atoms with Crippen molar-refractivity contribution in [2.45, 2.75) is 25.2 Å². The number of hydrogen-bond donors (Lipinski definition) is 1. The Kier molecular flexibility index (Phi) is 2.35. The van der Waals surface area contributed by atoms with Crippen LogP contribution in [0.1, 0.15) is 24.0 Å². The third-order valence-corrected chi connectivity index (χ3v) is 3.11. The number of carboxylic acids is 1. The first-order chi connectivity index (χ1) is 7.15. The minimum absolute atomic E-state index is 0.603. The molecule has 2 heteroatoms. The molecule has 0 spiro atoms. The molecule has 0 fully saturated rings. The molecule has 0 unspecified atom stereocenters. The van der Waals surface area contributed by atoms with Gasteiger partial charge in [0.2, 0.25) is 0 Å². The second kappa shape index (κ2) is 3.54. The fourth-order valence-corrected chi connectivity index (χ4v) is 2.06. The van der Waals surface area contributed by atoms with E-state index in [1.54, 1.807) is 0 Å². The van der Waals surface area contributed by atoms with Crippen molar-refractivity contribution in [1.82, 2.24) is 0 Å². The standard InChI is InChI=1S/C13H14O2/c1-10-4-6-11(7-5-10)13(12(14)15)8-2-3-9-13/h2-7H,8-9H2,1H3,(H,14,15). The maximum Gasteiger partial charge on any atom is 0.314 e. The van der Waals surface area contributed by atoms with E-state index in [2.05, 4.69) is 0 Å². The van der Waals surface area contributed by atoms with Crippen LogP contribution in [0.3, 0.4) is 0 Å². The first kappa shape index (κ1) is 9.97. The molecular formula is C13H14O2. The Morgan fingerprint density at radius 2 is 1.73 bits per heavy atom. The van der Waals surface area contributed by atoms with Crippen molar-refractivity contribution in [2.75, 3.05) is 0 Å². The van der Waals surface area contributed by atoms with E-state index in [1.807, 2.05) is 43.3 Å². The summed E-state index contributed by atoms with van der Waals surface area (Å²) in [5.41, 5.74) is 1.35. The quantitative estimate of drug-likeness (QED) is 0.748. The van der Waals surface area contributed by atoms with Crippen LogP contribution in [0.5, 0.6) is 0 Å². The van der Waals surface area contributed by atoms with Crippen molar-refractivity contribution in [1.29, 1.82) is 0 Å². The summed E-state index contributed by atoms with van der Waals surface area (Å²) in [6, 6.07) is 7.80. The molecule has 1 aliphatic carbocycles. The topological polar surface area (TPSA) is 37.3 Å². The van der Waals surface area contributed by atoms with E-state index in [9.17, 15) is 9.90 Å². The normalized spacial score (nSPS) is 17.9. The second-order valence-corrected chi connectivity index (χ2v) is 4.13. The summed E-state index contributed by atoms with van der Waals surface area (Å²) in [6.45, 7) is 2.00. The predicted octanol–water partition coefficient (Wildman–Crippen LogP) is 2.67. The molecule has 0 atom stereocenters.